The molecule has 0 aliphatic carbocycles. The first-order chi connectivity index (χ1) is 38.0. The van der Waals surface area contributed by atoms with Crippen LogP contribution in [0.4, 0.5) is 0 Å². The predicted octanol–water partition coefficient (Wildman–Crippen LogP) is 24.0. The predicted molar refractivity (Wildman–Crippen MR) is 335 cm³/mol. The van der Waals surface area contributed by atoms with Crippen molar-refractivity contribution < 1.29 is 28.6 Å². The van der Waals surface area contributed by atoms with Gasteiger partial charge in [0.2, 0.25) is 0 Å². The number of carbonyl (C=O) groups is 3. The molecule has 0 spiro atoms. The van der Waals surface area contributed by atoms with E-state index >= 15 is 0 Å². The third-order valence-corrected chi connectivity index (χ3v) is 16.3. The van der Waals surface area contributed by atoms with Crippen LogP contribution in [0.5, 0.6) is 0 Å². The van der Waals surface area contributed by atoms with E-state index in [0.29, 0.717) is 19.3 Å². The number of esters is 3. The zero-order chi connectivity index (χ0) is 55.7. The van der Waals surface area contributed by atoms with E-state index in [1.807, 2.05) is 0 Å². The smallest absolute Gasteiger partial charge is 0.306 e. The van der Waals surface area contributed by atoms with E-state index in [9.17, 15) is 14.4 Å². The SMILES string of the molecule is CCCCCCCCCC/C=C\CCCCCCCCCCCCCCCCCCCCCCCCCC(=O)OCC(COC(=O)CCCCCCCCC)OC(=O)CCCCCCCCCCCCCCCCCCC. The average molecular weight is 1090 g/mol. The first-order valence-electron chi connectivity index (χ1n) is 35.2. The maximum absolute atomic E-state index is 12.8. The summed E-state index contributed by atoms with van der Waals surface area (Å²) in [5, 5.41) is 0. The summed E-state index contributed by atoms with van der Waals surface area (Å²) in [6.07, 6.45) is 80.0. The summed E-state index contributed by atoms with van der Waals surface area (Å²) in [5.41, 5.74) is 0. The Hall–Kier alpha value is -1.85. The number of hydrogen-bond donors (Lipinski definition) is 0. The number of unbranched alkanes of at least 4 members (excludes halogenated alkanes) is 53. The highest BCUT2D eigenvalue weighted by Gasteiger charge is 2.19. The van der Waals surface area contributed by atoms with Crippen molar-refractivity contribution in [3.8, 4) is 0 Å². The standard InChI is InChI=1S/C71H136O6/c1-4-7-10-13-16-18-20-22-24-26-27-28-29-30-31-32-33-34-35-36-37-38-39-40-41-42-43-45-46-48-50-52-55-58-61-64-70(73)76-67-68(66-75-69(72)63-60-57-54-15-12-9-6-3)77-71(74)65-62-59-56-53-51-49-47-44-25-23-21-19-17-14-11-8-5-2/h26-27,68H,4-25,28-67H2,1-3H3/b27-26-. The van der Waals surface area contributed by atoms with Crippen LogP contribution < -0.4 is 0 Å². The Bertz CT molecular complexity index is 1200. The van der Waals surface area contributed by atoms with Crippen molar-refractivity contribution in [3.05, 3.63) is 12.2 Å². The van der Waals surface area contributed by atoms with Crippen LogP contribution in [-0.4, -0.2) is 37.2 Å². The molecule has 0 aliphatic heterocycles. The zero-order valence-electron chi connectivity index (χ0n) is 52.5. The monoisotopic (exact) mass is 1090 g/mol. The molecule has 0 bridgehead atoms. The van der Waals surface area contributed by atoms with Crippen LogP contribution >= 0.6 is 0 Å². The third kappa shape index (κ3) is 64.9. The van der Waals surface area contributed by atoms with Crippen molar-refractivity contribution in [2.45, 2.75) is 412 Å². The number of allylic oxidation sites excluding steroid dienone is 2. The fourth-order valence-corrected chi connectivity index (χ4v) is 11.0. The molecule has 0 rings (SSSR count). The largest absolute Gasteiger partial charge is 0.462 e. The maximum atomic E-state index is 12.8. The van der Waals surface area contributed by atoms with Gasteiger partial charge in [-0.05, 0) is 44.9 Å². The van der Waals surface area contributed by atoms with Gasteiger partial charge in [-0.2, -0.15) is 0 Å². The second-order valence-electron chi connectivity index (χ2n) is 24.2. The van der Waals surface area contributed by atoms with Gasteiger partial charge in [0.15, 0.2) is 6.10 Å². The Morgan fingerprint density at radius 3 is 0.649 bits per heavy atom. The van der Waals surface area contributed by atoms with Gasteiger partial charge in [0.25, 0.3) is 0 Å². The average Bonchev–Trinajstić information content (AvgIpc) is 3.43. The number of carbonyl (C=O) groups excluding carboxylic acids is 3. The van der Waals surface area contributed by atoms with Crippen LogP contribution in [-0.2, 0) is 28.6 Å². The number of hydrogen-bond acceptors (Lipinski definition) is 6. The molecule has 0 aliphatic rings. The lowest BCUT2D eigenvalue weighted by atomic mass is 10.0. The highest BCUT2D eigenvalue weighted by molar-refractivity contribution is 5.71. The minimum Gasteiger partial charge on any atom is -0.462 e. The highest BCUT2D eigenvalue weighted by Crippen LogP contribution is 2.19. The van der Waals surface area contributed by atoms with E-state index in [2.05, 4.69) is 32.9 Å². The van der Waals surface area contributed by atoms with Gasteiger partial charge >= 0.3 is 17.9 Å². The van der Waals surface area contributed by atoms with E-state index in [1.165, 1.54) is 308 Å². The van der Waals surface area contributed by atoms with Crippen molar-refractivity contribution in [1.29, 1.82) is 0 Å². The molecular formula is C71H136O6. The van der Waals surface area contributed by atoms with Crippen LogP contribution in [0.25, 0.3) is 0 Å². The molecule has 0 N–H and O–H groups in total. The fourth-order valence-electron chi connectivity index (χ4n) is 11.0. The molecule has 6 heteroatoms. The summed E-state index contributed by atoms with van der Waals surface area (Å²) in [6, 6.07) is 0. The molecule has 0 amide bonds. The molecule has 0 saturated carbocycles. The molecule has 0 radical (unpaired) electrons. The van der Waals surface area contributed by atoms with Crippen LogP contribution in [0.1, 0.15) is 406 Å². The molecule has 6 nitrogen and oxygen atoms in total. The van der Waals surface area contributed by atoms with Crippen molar-refractivity contribution in [3.63, 3.8) is 0 Å². The molecule has 0 aromatic carbocycles. The van der Waals surface area contributed by atoms with Crippen LogP contribution in [0.3, 0.4) is 0 Å². The summed E-state index contributed by atoms with van der Waals surface area (Å²) >= 11 is 0. The van der Waals surface area contributed by atoms with Gasteiger partial charge in [0.1, 0.15) is 13.2 Å². The third-order valence-electron chi connectivity index (χ3n) is 16.3. The molecule has 0 aromatic rings. The minimum absolute atomic E-state index is 0.0626. The molecule has 1 atom stereocenters. The molecule has 0 aromatic heterocycles. The molecule has 77 heavy (non-hydrogen) atoms. The van der Waals surface area contributed by atoms with Crippen molar-refractivity contribution in [2.75, 3.05) is 13.2 Å². The molecule has 456 valence electrons. The lowest BCUT2D eigenvalue weighted by Crippen LogP contribution is -2.30. The first-order valence-corrected chi connectivity index (χ1v) is 35.2. The van der Waals surface area contributed by atoms with Gasteiger partial charge in [0.05, 0.1) is 0 Å². The Balaban J connectivity index is 3.90. The van der Waals surface area contributed by atoms with Gasteiger partial charge in [0, 0.05) is 19.3 Å². The lowest BCUT2D eigenvalue weighted by molar-refractivity contribution is -0.167. The Labute approximate surface area is 481 Å². The van der Waals surface area contributed by atoms with Gasteiger partial charge in [-0.15, -0.1) is 0 Å². The van der Waals surface area contributed by atoms with E-state index in [1.54, 1.807) is 0 Å². The fraction of sp³-hybridized carbons (Fsp3) is 0.930. The Kier molecular flexibility index (Phi) is 65.1. The topological polar surface area (TPSA) is 78.9 Å². The summed E-state index contributed by atoms with van der Waals surface area (Å²) < 4.78 is 16.9. The molecule has 0 fully saturated rings. The summed E-state index contributed by atoms with van der Waals surface area (Å²) in [4.78, 5) is 38.1. The van der Waals surface area contributed by atoms with E-state index in [0.717, 1.165) is 57.8 Å². The van der Waals surface area contributed by atoms with E-state index in [4.69, 9.17) is 14.2 Å². The van der Waals surface area contributed by atoms with Gasteiger partial charge in [-0.3, -0.25) is 14.4 Å². The molecular weight excluding hydrogens is 949 g/mol. The van der Waals surface area contributed by atoms with Crippen LogP contribution in [0, 0.1) is 0 Å². The van der Waals surface area contributed by atoms with Gasteiger partial charge in [-0.1, -0.05) is 354 Å². The normalized spacial score (nSPS) is 12.0. The number of rotatable bonds is 66. The summed E-state index contributed by atoms with van der Waals surface area (Å²) in [6.45, 7) is 6.67. The van der Waals surface area contributed by atoms with Crippen LogP contribution in [0.15, 0.2) is 12.2 Å². The van der Waals surface area contributed by atoms with E-state index in [-0.39, 0.29) is 31.1 Å². The van der Waals surface area contributed by atoms with Crippen LogP contribution in [0.2, 0.25) is 0 Å². The van der Waals surface area contributed by atoms with Crippen molar-refractivity contribution in [1.82, 2.24) is 0 Å². The summed E-state index contributed by atoms with van der Waals surface area (Å²) in [7, 11) is 0. The van der Waals surface area contributed by atoms with Crippen molar-refractivity contribution >= 4 is 17.9 Å². The Morgan fingerprint density at radius 2 is 0.429 bits per heavy atom. The summed E-state index contributed by atoms with van der Waals surface area (Å²) in [5.74, 6) is -0.839. The molecule has 0 saturated heterocycles. The van der Waals surface area contributed by atoms with Gasteiger partial charge < -0.3 is 14.2 Å². The zero-order valence-corrected chi connectivity index (χ0v) is 52.5. The van der Waals surface area contributed by atoms with Gasteiger partial charge in [-0.25, -0.2) is 0 Å². The highest BCUT2D eigenvalue weighted by atomic mass is 16.6. The molecule has 0 heterocycles. The quantitative estimate of drug-likeness (QED) is 0.0261. The first kappa shape index (κ1) is 75.2. The van der Waals surface area contributed by atoms with E-state index < -0.39 is 6.10 Å². The molecule has 1 unspecified atom stereocenters. The van der Waals surface area contributed by atoms with Crippen molar-refractivity contribution in [2.24, 2.45) is 0 Å². The second-order valence-corrected chi connectivity index (χ2v) is 24.2. The minimum atomic E-state index is -0.762. The lowest BCUT2D eigenvalue weighted by Gasteiger charge is -2.18. The maximum Gasteiger partial charge on any atom is 0.306 e. The second kappa shape index (κ2) is 66.7. The Morgan fingerprint density at radius 1 is 0.247 bits per heavy atom. The number of ether oxygens (including phenoxy) is 3.